The van der Waals surface area contributed by atoms with Gasteiger partial charge in [-0.2, -0.15) is 5.10 Å². The highest BCUT2D eigenvalue weighted by Crippen LogP contribution is 2.35. The zero-order valence-electron chi connectivity index (χ0n) is 20.4. The number of imide groups is 1. The summed E-state index contributed by atoms with van der Waals surface area (Å²) in [5.74, 6) is -4.00. The van der Waals surface area contributed by atoms with Crippen LogP contribution in [0.2, 0.25) is 10.2 Å². The molecule has 200 valence electrons. The first-order valence-electron chi connectivity index (χ1n) is 11.9. The Morgan fingerprint density at radius 3 is 2.36 bits per heavy atom. The molecule has 5 rings (SSSR count). The van der Waals surface area contributed by atoms with E-state index in [2.05, 4.69) is 10.4 Å². The summed E-state index contributed by atoms with van der Waals surface area (Å²) < 4.78 is 34.5. The first kappa shape index (κ1) is 26.6. The number of aryl methyl sites for hydroxylation is 1. The van der Waals surface area contributed by atoms with Crippen LogP contribution in [0.4, 0.5) is 8.78 Å². The molecule has 1 aliphatic rings. The maximum atomic E-state index is 13.9. The van der Waals surface area contributed by atoms with Gasteiger partial charge in [0.25, 0.3) is 17.7 Å². The first-order chi connectivity index (χ1) is 18.7. The van der Waals surface area contributed by atoms with Crippen LogP contribution >= 0.6 is 23.2 Å². The third kappa shape index (κ3) is 5.05. The molecular weight excluding hydrogens is 553 g/mol. The van der Waals surface area contributed by atoms with E-state index < -0.39 is 35.4 Å². The lowest BCUT2D eigenvalue weighted by Crippen LogP contribution is -2.46. The Labute approximate surface area is 231 Å². The van der Waals surface area contributed by atoms with Gasteiger partial charge in [-0.05, 0) is 54.8 Å². The summed E-state index contributed by atoms with van der Waals surface area (Å²) in [6, 6.07) is 10.2. The number of benzene rings is 2. The minimum Gasteiger partial charge on any atom is -0.439 e. The molecule has 4 aromatic rings. The van der Waals surface area contributed by atoms with E-state index in [0.717, 1.165) is 17.0 Å². The van der Waals surface area contributed by atoms with Gasteiger partial charge in [-0.1, -0.05) is 29.8 Å². The molecule has 0 aliphatic carbocycles. The molecule has 0 unspecified atom stereocenters. The van der Waals surface area contributed by atoms with Gasteiger partial charge in [0, 0.05) is 19.2 Å². The van der Waals surface area contributed by atoms with Crippen LogP contribution in [-0.4, -0.2) is 45.0 Å². The van der Waals surface area contributed by atoms with Crippen LogP contribution in [0.3, 0.4) is 0 Å². The fraction of sp³-hybridized carbons (Fsp3) is 0.185. The topological polar surface area (TPSA) is 97.4 Å². The minimum absolute atomic E-state index is 0.0217. The van der Waals surface area contributed by atoms with E-state index in [-0.39, 0.29) is 35.1 Å². The highest BCUT2D eigenvalue weighted by molar-refractivity contribution is 6.35. The molecule has 0 radical (unpaired) electrons. The second-order valence-corrected chi connectivity index (χ2v) is 9.59. The van der Waals surface area contributed by atoms with E-state index in [0.29, 0.717) is 28.4 Å². The van der Waals surface area contributed by atoms with Gasteiger partial charge in [-0.3, -0.25) is 24.0 Å². The molecule has 2 aromatic heterocycles. The predicted octanol–water partition coefficient (Wildman–Crippen LogP) is 5.39. The van der Waals surface area contributed by atoms with Crippen molar-refractivity contribution in [3.63, 3.8) is 0 Å². The number of carbonyl (C=O) groups is 3. The Morgan fingerprint density at radius 2 is 1.72 bits per heavy atom. The van der Waals surface area contributed by atoms with Gasteiger partial charge < -0.3 is 9.73 Å². The predicted molar refractivity (Wildman–Crippen MR) is 139 cm³/mol. The van der Waals surface area contributed by atoms with Gasteiger partial charge in [-0.15, -0.1) is 0 Å². The van der Waals surface area contributed by atoms with Crippen LogP contribution < -0.4 is 5.32 Å². The fourth-order valence-corrected chi connectivity index (χ4v) is 4.98. The molecule has 0 saturated heterocycles. The summed E-state index contributed by atoms with van der Waals surface area (Å²) in [7, 11) is 0. The Balaban J connectivity index is 1.43. The Morgan fingerprint density at radius 1 is 1.03 bits per heavy atom. The molecule has 0 fully saturated rings. The van der Waals surface area contributed by atoms with Crippen molar-refractivity contribution in [1.29, 1.82) is 0 Å². The van der Waals surface area contributed by atoms with E-state index in [1.165, 1.54) is 30.5 Å². The summed E-state index contributed by atoms with van der Waals surface area (Å²) in [6.07, 6.45) is 1.43. The molecule has 0 saturated carbocycles. The van der Waals surface area contributed by atoms with Crippen LogP contribution in [0.1, 0.15) is 43.8 Å². The van der Waals surface area contributed by atoms with E-state index in [9.17, 15) is 23.2 Å². The van der Waals surface area contributed by atoms with Crippen molar-refractivity contribution in [2.45, 2.75) is 25.9 Å². The summed E-state index contributed by atoms with van der Waals surface area (Å²) in [4.78, 5) is 40.2. The monoisotopic (exact) mass is 572 g/mol. The molecule has 0 spiro atoms. The number of nitrogens with zero attached hydrogens (tertiary/aromatic N) is 3. The van der Waals surface area contributed by atoms with Crippen LogP contribution in [0.15, 0.2) is 59.1 Å². The summed E-state index contributed by atoms with van der Waals surface area (Å²) in [5, 5.41) is 7.12. The maximum absolute atomic E-state index is 13.9. The summed E-state index contributed by atoms with van der Waals surface area (Å²) in [5.41, 5.74) is 1.65. The van der Waals surface area contributed by atoms with Crippen LogP contribution in [0.5, 0.6) is 0 Å². The van der Waals surface area contributed by atoms with E-state index >= 15 is 0 Å². The Kier molecular flexibility index (Phi) is 7.24. The largest absolute Gasteiger partial charge is 0.439 e. The number of furan rings is 1. The average Bonchev–Trinajstić information content (AvgIpc) is 3.56. The van der Waals surface area contributed by atoms with Crippen LogP contribution in [0.25, 0.3) is 11.3 Å². The fourth-order valence-electron chi connectivity index (χ4n) is 4.51. The molecule has 3 heterocycles. The van der Waals surface area contributed by atoms with Gasteiger partial charge in [0.15, 0.2) is 17.4 Å². The highest BCUT2D eigenvalue weighted by atomic mass is 35.5. The zero-order valence-corrected chi connectivity index (χ0v) is 21.9. The molecule has 1 N–H and O–H groups in total. The summed E-state index contributed by atoms with van der Waals surface area (Å²) in [6.45, 7) is 2.12. The summed E-state index contributed by atoms with van der Waals surface area (Å²) >= 11 is 12.6. The molecule has 2 aromatic carbocycles. The van der Waals surface area contributed by atoms with Gasteiger partial charge in [-0.25, -0.2) is 8.78 Å². The lowest BCUT2D eigenvalue weighted by molar-refractivity contribution is 0.0627. The second kappa shape index (κ2) is 10.6. The molecule has 1 atom stereocenters. The van der Waals surface area contributed by atoms with Gasteiger partial charge >= 0.3 is 0 Å². The van der Waals surface area contributed by atoms with Gasteiger partial charge in [0.1, 0.15) is 0 Å². The van der Waals surface area contributed by atoms with Crippen molar-refractivity contribution in [2.24, 2.45) is 0 Å². The SMILES string of the molecule is CCn1ncc(Cl)c1-c1cc(C(=O)N[C@@H](Cc2ccc(F)c(F)c2)CN2C(=O)c3ccccc3C2=O)oc1Cl. The minimum atomic E-state index is -1.06. The number of amides is 3. The third-order valence-corrected chi connectivity index (χ3v) is 6.90. The lowest BCUT2D eigenvalue weighted by atomic mass is 10.0. The smallest absolute Gasteiger partial charge is 0.287 e. The van der Waals surface area contributed by atoms with Gasteiger partial charge in [0.05, 0.1) is 39.6 Å². The zero-order chi connectivity index (χ0) is 27.8. The molecule has 3 amide bonds. The maximum Gasteiger partial charge on any atom is 0.287 e. The molecule has 0 bridgehead atoms. The Bertz CT molecular complexity index is 1580. The molecule has 39 heavy (non-hydrogen) atoms. The van der Waals surface area contributed by atoms with E-state index in [1.807, 2.05) is 6.92 Å². The number of aromatic nitrogens is 2. The quantitative estimate of drug-likeness (QED) is 0.286. The number of nitrogens with one attached hydrogen (secondary N) is 1. The van der Waals surface area contributed by atoms with Crippen molar-refractivity contribution < 1.29 is 27.6 Å². The average molecular weight is 573 g/mol. The highest BCUT2D eigenvalue weighted by Gasteiger charge is 2.37. The van der Waals surface area contributed by atoms with Crippen molar-refractivity contribution in [3.05, 3.63) is 99.1 Å². The van der Waals surface area contributed by atoms with Crippen molar-refractivity contribution in [1.82, 2.24) is 20.0 Å². The number of hydrogen-bond acceptors (Lipinski definition) is 5. The lowest BCUT2D eigenvalue weighted by Gasteiger charge is -2.23. The van der Waals surface area contributed by atoms with Crippen LogP contribution in [-0.2, 0) is 13.0 Å². The third-order valence-electron chi connectivity index (χ3n) is 6.34. The van der Waals surface area contributed by atoms with E-state index in [1.54, 1.807) is 16.8 Å². The molecule has 8 nitrogen and oxygen atoms in total. The van der Waals surface area contributed by atoms with Crippen LogP contribution in [0, 0.1) is 11.6 Å². The first-order valence-corrected chi connectivity index (χ1v) is 12.6. The molecule has 12 heteroatoms. The standard InChI is InChI=1S/C27H20Cl2F2N4O4/c1-2-35-23(19(28)12-32-35)18-11-22(39-24(18)29)25(36)33-15(9-14-7-8-20(30)21(31)10-14)13-34-26(37)16-5-3-4-6-17(16)27(34)38/h3-8,10-12,15H,2,9,13H2,1H3,(H,33,36)/t15-/m0/s1. The number of carbonyl (C=O) groups excluding carboxylic acids is 3. The number of halogens is 4. The Hall–Kier alpha value is -4.02. The normalized spacial score (nSPS) is 13.6. The van der Waals surface area contributed by atoms with Crippen molar-refractivity contribution in [2.75, 3.05) is 6.54 Å². The van der Waals surface area contributed by atoms with E-state index in [4.69, 9.17) is 27.6 Å². The number of fused-ring (bicyclic) bond motifs is 1. The molecule has 1 aliphatic heterocycles. The number of hydrogen-bond donors (Lipinski definition) is 1. The van der Waals surface area contributed by atoms with Crippen molar-refractivity contribution >= 4 is 40.9 Å². The molecular formula is C27H20Cl2F2N4O4. The van der Waals surface area contributed by atoms with Crippen molar-refractivity contribution in [3.8, 4) is 11.3 Å². The van der Waals surface area contributed by atoms with Gasteiger partial charge in [0.2, 0.25) is 5.22 Å². The number of rotatable bonds is 8. The second-order valence-electron chi connectivity index (χ2n) is 8.84.